The normalized spacial score (nSPS) is 19.7. The van der Waals surface area contributed by atoms with Gasteiger partial charge in [0, 0.05) is 17.3 Å². The molecule has 4 rings (SSSR count). The number of hydrogen-bond donors (Lipinski definition) is 4. The molecule has 0 spiro atoms. The first kappa shape index (κ1) is 27.2. The molecular weight excluding hydrogens is 504 g/mol. The maximum absolute atomic E-state index is 13.6. The second kappa shape index (κ2) is 11.3. The summed E-state index contributed by atoms with van der Waals surface area (Å²) in [4.78, 5) is 47.6. The molecule has 200 valence electrons. The fourth-order valence-electron chi connectivity index (χ4n) is 4.79. The van der Waals surface area contributed by atoms with Crippen LogP contribution in [0.15, 0.2) is 55.0 Å². The van der Waals surface area contributed by atoms with Crippen molar-refractivity contribution in [2.24, 2.45) is 0 Å². The number of amides is 4. The number of carbonyl (C=O) groups is 3. The van der Waals surface area contributed by atoms with Gasteiger partial charge in [0.2, 0.25) is 0 Å². The van der Waals surface area contributed by atoms with Crippen LogP contribution in [0.2, 0.25) is 0 Å². The van der Waals surface area contributed by atoms with E-state index in [0.717, 1.165) is 23.3 Å². The first-order valence-corrected chi connectivity index (χ1v) is 13.4. The Bertz CT molecular complexity index is 1290. The fraction of sp³-hybridized carbons (Fsp3) is 0.370. The third kappa shape index (κ3) is 6.00. The van der Waals surface area contributed by atoms with E-state index in [4.69, 9.17) is 0 Å². The molecule has 0 aliphatic carbocycles. The van der Waals surface area contributed by atoms with Crippen molar-refractivity contribution >= 4 is 40.2 Å². The van der Waals surface area contributed by atoms with E-state index in [2.05, 4.69) is 25.9 Å². The number of rotatable bonds is 5. The Morgan fingerprint density at radius 3 is 2.50 bits per heavy atom. The van der Waals surface area contributed by atoms with Crippen LogP contribution in [-0.2, 0) is 0 Å². The second-order valence-corrected chi connectivity index (χ2v) is 11.4. The zero-order valence-electron chi connectivity index (χ0n) is 21.7. The molecule has 0 bridgehead atoms. The molecule has 38 heavy (non-hydrogen) atoms. The monoisotopic (exact) mass is 537 g/mol. The third-order valence-electron chi connectivity index (χ3n) is 6.93. The van der Waals surface area contributed by atoms with Gasteiger partial charge in [-0.3, -0.25) is 20.4 Å². The molecule has 2 atom stereocenters. The molecule has 0 saturated carbocycles. The number of likely N-dealkylation sites (tertiary alicyclic amines) is 1. The Labute approximate surface area is 225 Å². The summed E-state index contributed by atoms with van der Waals surface area (Å²) >= 11 is 1.29. The van der Waals surface area contributed by atoms with Gasteiger partial charge in [0.05, 0.1) is 24.3 Å². The van der Waals surface area contributed by atoms with Gasteiger partial charge in [-0.25, -0.2) is 14.3 Å². The zero-order valence-corrected chi connectivity index (χ0v) is 22.5. The third-order valence-corrected chi connectivity index (χ3v) is 8.03. The van der Waals surface area contributed by atoms with Gasteiger partial charge in [0.15, 0.2) is 5.82 Å². The largest absolute Gasteiger partial charge is 0.514 e. The predicted octanol–water partition coefficient (Wildman–Crippen LogP) is 5.42. The Hall–Kier alpha value is -3.83. The number of quaternary nitrogens is 1. The lowest BCUT2D eigenvalue weighted by molar-refractivity contribution is -0.903. The highest BCUT2D eigenvalue weighted by molar-refractivity contribution is 7.20. The van der Waals surface area contributed by atoms with Crippen molar-refractivity contribution in [2.45, 2.75) is 51.6 Å². The first-order valence-electron chi connectivity index (χ1n) is 12.5. The topological polar surface area (TPSA) is 133 Å². The highest BCUT2D eigenvalue weighted by atomic mass is 32.1. The second-order valence-electron chi connectivity index (χ2n) is 10.4. The summed E-state index contributed by atoms with van der Waals surface area (Å²) in [5, 5.41) is 19.1. The van der Waals surface area contributed by atoms with Gasteiger partial charge >= 0.3 is 12.1 Å². The molecule has 3 aromatic rings. The molecule has 1 saturated heterocycles. The van der Waals surface area contributed by atoms with Crippen LogP contribution in [0.25, 0.3) is 10.4 Å². The lowest BCUT2D eigenvalue weighted by Gasteiger charge is -2.44. The number of carbonyl (C=O) groups excluding carboxylic acids is 2. The molecule has 1 aliphatic heterocycles. The predicted molar refractivity (Wildman–Crippen MR) is 147 cm³/mol. The fourth-order valence-corrected chi connectivity index (χ4v) is 5.85. The van der Waals surface area contributed by atoms with Crippen molar-refractivity contribution in [3.8, 4) is 10.4 Å². The maximum Gasteiger partial charge on any atom is 0.514 e. The van der Waals surface area contributed by atoms with Gasteiger partial charge in [0.1, 0.15) is 17.1 Å². The molecule has 1 fully saturated rings. The molecule has 4 N–H and O–H groups in total. The molecule has 1 aromatic carbocycles. The number of thiophene rings is 1. The summed E-state index contributed by atoms with van der Waals surface area (Å²) < 4.78 is -0.123. The van der Waals surface area contributed by atoms with Crippen LogP contribution in [0.5, 0.6) is 0 Å². The quantitative estimate of drug-likeness (QED) is 0.321. The van der Waals surface area contributed by atoms with Crippen molar-refractivity contribution in [3.05, 3.63) is 60.6 Å². The van der Waals surface area contributed by atoms with Crippen molar-refractivity contribution < 1.29 is 24.0 Å². The van der Waals surface area contributed by atoms with Gasteiger partial charge in [-0.05, 0) is 51.7 Å². The van der Waals surface area contributed by atoms with E-state index in [9.17, 15) is 19.5 Å². The molecule has 2 aromatic heterocycles. The van der Waals surface area contributed by atoms with Gasteiger partial charge in [-0.2, -0.15) is 4.79 Å². The maximum atomic E-state index is 13.6. The number of benzene rings is 1. The summed E-state index contributed by atoms with van der Waals surface area (Å²) in [5.74, 6) is -0.0817. The zero-order chi connectivity index (χ0) is 27.3. The van der Waals surface area contributed by atoms with Gasteiger partial charge < -0.3 is 10.4 Å². The van der Waals surface area contributed by atoms with E-state index in [1.807, 2.05) is 51.1 Å². The Balaban J connectivity index is 1.60. The van der Waals surface area contributed by atoms with Crippen LogP contribution in [0, 0.1) is 0 Å². The minimum absolute atomic E-state index is 0.123. The smallest absolute Gasteiger partial charge is 0.435 e. The Morgan fingerprint density at radius 2 is 1.84 bits per heavy atom. The molecule has 10 nitrogen and oxygen atoms in total. The van der Waals surface area contributed by atoms with E-state index in [-0.39, 0.29) is 28.8 Å². The standard InChI is InChI=1S/C27H32N6O4S/c1-27(2,3)33(26(36)37)14-8-7-11-19(17-33)30-23(34)20-15-21(18-9-5-4-6-10-18)38-24(20)32-25(35)31-22-16-28-12-13-29-22/h4-6,9-10,12-13,15-16,19H,7-8,11,14,17H2,1-3H3,(H3-,29,30,31,32,34,35,36,37)/p+1/t19-,33?/m0/s1. The number of hydrogen-bond acceptors (Lipinski definition) is 6. The van der Waals surface area contributed by atoms with Crippen LogP contribution < -0.4 is 16.0 Å². The highest BCUT2D eigenvalue weighted by Crippen LogP contribution is 2.36. The lowest BCUT2D eigenvalue weighted by Crippen LogP contribution is -2.66. The van der Waals surface area contributed by atoms with Crippen LogP contribution in [0.3, 0.4) is 0 Å². The Morgan fingerprint density at radius 1 is 1.08 bits per heavy atom. The summed E-state index contributed by atoms with van der Waals surface area (Å²) in [6, 6.07) is 10.5. The van der Waals surface area contributed by atoms with E-state index < -0.39 is 17.7 Å². The van der Waals surface area contributed by atoms with Crippen LogP contribution in [0.4, 0.5) is 20.4 Å². The molecule has 0 radical (unpaired) electrons. The molecule has 11 heteroatoms. The lowest BCUT2D eigenvalue weighted by atomic mass is 10.0. The number of urea groups is 1. The number of nitrogens with zero attached hydrogens (tertiary/aromatic N) is 3. The number of carboxylic acid groups (broad SMARTS) is 1. The van der Waals surface area contributed by atoms with Crippen molar-refractivity contribution in [1.29, 1.82) is 0 Å². The molecular formula is C27H33N6O4S+. The number of anilines is 2. The van der Waals surface area contributed by atoms with Crippen molar-refractivity contribution in [3.63, 3.8) is 0 Å². The van der Waals surface area contributed by atoms with E-state index in [0.29, 0.717) is 23.5 Å². The minimum atomic E-state index is -0.886. The molecule has 3 heterocycles. The average molecular weight is 538 g/mol. The van der Waals surface area contributed by atoms with Crippen molar-refractivity contribution in [2.75, 3.05) is 23.7 Å². The molecule has 1 aliphatic rings. The minimum Gasteiger partial charge on any atom is -0.435 e. The number of aromatic nitrogens is 2. The van der Waals surface area contributed by atoms with E-state index >= 15 is 0 Å². The van der Waals surface area contributed by atoms with E-state index in [1.54, 1.807) is 6.07 Å². The van der Waals surface area contributed by atoms with Gasteiger partial charge in [-0.15, -0.1) is 11.3 Å². The van der Waals surface area contributed by atoms with Gasteiger partial charge in [0.25, 0.3) is 5.91 Å². The highest BCUT2D eigenvalue weighted by Gasteiger charge is 2.50. The van der Waals surface area contributed by atoms with Crippen LogP contribution in [0.1, 0.15) is 50.4 Å². The van der Waals surface area contributed by atoms with Gasteiger partial charge in [-0.1, -0.05) is 30.3 Å². The van der Waals surface area contributed by atoms with E-state index in [1.165, 1.54) is 29.9 Å². The number of nitrogens with one attached hydrogen (secondary N) is 3. The van der Waals surface area contributed by atoms with Crippen molar-refractivity contribution in [1.82, 2.24) is 15.3 Å². The molecule has 4 amide bonds. The summed E-state index contributed by atoms with van der Waals surface area (Å²) in [6.07, 6.45) is 5.77. The average Bonchev–Trinajstić information content (AvgIpc) is 3.16. The summed E-state index contributed by atoms with van der Waals surface area (Å²) in [6.45, 7) is 6.57. The first-order chi connectivity index (χ1) is 18.1. The SMILES string of the molecule is CC(C)(C)[N+]1(C(=O)O)CCCC[C@H](NC(=O)c2cc(-c3ccccc3)sc2NC(=O)Nc2cnccn2)C1. The molecule has 1 unspecified atom stereocenters. The van der Waals surface area contributed by atoms with Crippen LogP contribution >= 0.6 is 11.3 Å². The Kier molecular flexibility index (Phi) is 8.08. The van der Waals surface area contributed by atoms with Crippen LogP contribution in [-0.4, -0.2) is 62.3 Å². The summed E-state index contributed by atoms with van der Waals surface area (Å²) in [5.41, 5.74) is 0.696. The summed E-state index contributed by atoms with van der Waals surface area (Å²) in [7, 11) is 0.